The molecule has 8 bridgehead atoms. The van der Waals surface area contributed by atoms with Gasteiger partial charge in [0.05, 0.1) is 23.3 Å². The summed E-state index contributed by atoms with van der Waals surface area (Å²) < 4.78 is 0. The van der Waals surface area contributed by atoms with Crippen LogP contribution in [0.4, 0.5) is 0 Å². The Balaban J connectivity index is 1.32. The summed E-state index contributed by atoms with van der Waals surface area (Å²) in [5.41, 5.74) is 18.8. The Hall–Kier alpha value is -5.76. The van der Waals surface area contributed by atoms with E-state index < -0.39 is 0 Å². The van der Waals surface area contributed by atoms with Crippen LogP contribution in [0.25, 0.3) is 89.7 Å². The molecule has 0 amide bonds. The van der Waals surface area contributed by atoms with Crippen molar-refractivity contribution < 1.29 is 0 Å². The molecule has 9 rings (SSSR count). The smallest absolute Gasteiger partial charge is 0.0927 e. The quantitative estimate of drug-likeness (QED) is 0.0347. The number of hydrogen-bond acceptors (Lipinski definition) is 6. The van der Waals surface area contributed by atoms with E-state index in [1.165, 1.54) is 404 Å². The van der Waals surface area contributed by atoms with E-state index in [0.29, 0.717) is 45.9 Å². The molecule has 4 aromatic carbocycles. The minimum atomic E-state index is 0.705. The Morgan fingerprint density at radius 3 is 0.446 bits per heavy atom. The van der Waals surface area contributed by atoms with Gasteiger partial charge in [0.25, 0.3) is 0 Å². The van der Waals surface area contributed by atoms with Crippen molar-refractivity contribution in [3.63, 3.8) is 0 Å². The Morgan fingerprint density at radius 2 is 0.295 bits per heavy atom. The maximum absolute atomic E-state index is 5.88. The van der Waals surface area contributed by atoms with Crippen LogP contribution < -0.4 is 9.97 Å². The second-order valence-electron chi connectivity index (χ2n) is 35.1. The molecule has 2 aliphatic rings. The first-order chi connectivity index (χ1) is 55.3. The largest absolute Gasteiger partial charge is 0.357 e. The number of unbranched alkanes of at least 4 members (excludes halogenated alkanes) is 48. The van der Waals surface area contributed by atoms with E-state index in [9.17, 15) is 0 Å². The van der Waals surface area contributed by atoms with Crippen LogP contribution in [0.3, 0.4) is 0 Å². The number of nitrogens with zero attached hydrogens (tertiary/aromatic N) is 8. The van der Waals surface area contributed by atoms with Crippen LogP contribution in [0.2, 0.25) is 0 Å². The van der Waals surface area contributed by atoms with E-state index >= 15 is 0 Å². The summed E-state index contributed by atoms with van der Waals surface area (Å²) in [6.07, 6.45) is 80.7. The Bertz CT molecular complexity index is 3460. The van der Waals surface area contributed by atoms with Crippen LogP contribution in [-0.2, 0) is 51.4 Å². The minimum absolute atomic E-state index is 0.705. The van der Waals surface area contributed by atoms with E-state index in [4.69, 9.17) is 39.9 Å². The Labute approximate surface area is 684 Å². The predicted octanol–water partition coefficient (Wildman–Crippen LogP) is 32.5. The van der Waals surface area contributed by atoms with Crippen molar-refractivity contribution in [2.45, 2.75) is 466 Å². The SMILES string of the molecule is CCCCCCCCCc1cc2c(cc1CCCCCCCCC)-c1nc-2nc2[n-]c(nc3nc(nc4[n-]c(n1)c1cc(CCCCCCCCC)c(CCCCCCCCC)cc41)-c1cc(CCCCCCCCC)c(CCCCCCCCC)cc1-3)c1cc(CCCCCCCCC)c(CCCCCCCCC)cc21. The van der Waals surface area contributed by atoms with Gasteiger partial charge in [-0.15, -0.1) is 0 Å². The average molecular weight is 1520 g/mol. The molecule has 0 unspecified atom stereocenters. The zero-order chi connectivity index (χ0) is 78.4. The number of fused-ring (bicyclic) bond motifs is 20. The first-order valence-corrected chi connectivity index (χ1v) is 48.7. The highest BCUT2D eigenvalue weighted by Crippen LogP contribution is 2.42. The normalized spacial score (nSPS) is 12.1. The molecule has 8 nitrogen and oxygen atoms in total. The highest BCUT2D eigenvalue weighted by Gasteiger charge is 2.24. The first kappa shape index (κ1) is 90.2. The summed E-state index contributed by atoms with van der Waals surface area (Å²) in [5, 5.41) is 4.29. The molecule has 0 radical (unpaired) electrons. The van der Waals surface area contributed by atoms with Crippen LogP contribution in [-0.4, -0.2) is 29.9 Å². The summed E-state index contributed by atoms with van der Waals surface area (Å²) in [4.78, 5) is 46.6. The third-order valence-electron chi connectivity index (χ3n) is 25.4. The average Bonchev–Trinajstić information content (AvgIpc) is 1.59. The van der Waals surface area contributed by atoms with Crippen molar-refractivity contribution in [3.05, 3.63) is 93.0 Å². The second-order valence-corrected chi connectivity index (χ2v) is 35.1. The second kappa shape index (κ2) is 53.5. The monoisotopic (exact) mass is 1520 g/mol. The van der Waals surface area contributed by atoms with Crippen molar-refractivity contribution in [1.82, 2.24) is 39.9 Å². The molecule has 3 aromatic heterocycles. The van der Waals surface area contributed by atoms with Crippen LogP contribution in [0.5, 0.6) is 0 Å². The molecular formula is C104H160N8-2. The zero-order valence-corrected chi connectivity index (χ0v) is 73.5. The predicted molar refractivity (Wildman–Crippen MR) is 488 cm³/mol. The van der Waals surface area contributed by atoms with Gasteiger partial charge in [-0.2, -0.15) is 0 Å². The lowest BCUT2D eigenvalue weighted by Crippen LogP contribution is -1.98. The van der Waals surface area contributed by atoms with Crippen molar-refractivity contribution in [2.24, 2.45) is 0 Å². The molecule has 0 atom stereocenters. The van der Waals surface area contributed by atoms with Crippen LogP contribution in [0.1, 0.15) is 459 Å². The molecule has 0 fully saturated rings. The van der Waals surface area contributed by atoms with Gasteiger partial charge in [0.15, 0.2) is 0 Å². The summed E-state index contributed by atoms with van der Waals surface area (Å²) >= 11 is 0. The fraction of sp³-hybridized carbons (Fsp3) is 0.692. The zero-order valence-electron chi connectivity index (χ0n) is 73.5. The van der Waals surface area contributed by atoms with Crippen molar-refractivity contribution >= 4 is 44.1 Å². The van der Waals surface area contributed by atoms with Crippen LogP contribution in [0, 0.1) is 0 Å². The maximum atomic E-state index is 5.88. The molecule has 5 heterocycles. The highest BCUT2D eigenvalue weighted by atomic mass is 15.1. The number of rotatable bonds is 64. The van der Waals surface area contributed by atoms with Crippen LogP contribution in [0.15, 0.2) is 48.5 Å². The topological polar surface area (TPSA) is 106 Å². The van der Waals surface area contributed by atoms with Gasteiger partial charge in [0.2, 0.25) is 0 Å². The molecule has 618 valence electrons. The van der Waals surface area contributed by atoms with Crippen molar-refractivity contribution in [2.75, 3.05) is 0 Å². The lowest BCUT2D eigenvalue weighted by atomic mass is 9.91. The summed E-state index contributed by atoms with van der Waals surface area (Å²) in [5.74, 6) is 2.82. The third kappa shape index (κ3) is 29.4. The first-order valence-electron chi connectivity index (χ1n) is 48.7. The molecule has 0 spiro atoms. The van der Waals surface area contributed by atoms with Gasteiger partial charge in [0.1, 0.15) is 0 Å². The summed E-state index contributed by atoms with van der Waals surface area (Å²) in [6, 6.07) is 20.2. The molecular weight excluding hydrogens is 1360 g/mol. The lowest BCUT2D eigenvalue weighted by molar-refractivity contribution is 0.583. The number of hydrogen-bond donors (Lipinski definition) is 0. The van der Waals surface area contributed by atoms with Crippen LogP contribution >= 0.6 is 0 Å². The van der Waals surface area contributed by atoms with Gasteiger partial charge >= 0.3 is 0 Å². The molecule has 0 aliphatic carbocycles. The number of aromatic nitrogens is 8. The van der Waals surface area contributed by atoms with Gasteiger partial charge < -0.3 is 29.9 Å². The number of benzene rings is 4. The Morgan fingerprint density at radius 1 is 0.161 bits per heavy atom. The lowest BCUT2D eigenvalue weighted by Gasteiger charge is -2.14. The molecule has 2 aliphatic heterocycles. The van der Waals surface area contributed by atoms with Gasteiger partial charge in [-0.3, -0.25) is 0 Å². The Kier molecular flexibility index (Phi) is 43.0. The van der Waals surface area contributed by atoms with Crippen molar-refractivity contribution in [1.29, 1.82) is 0 Å². The summed E-state index contributed by atoms with van der Waals surface area (Å²) in [6.45, 7) is 18.6. The van der Waals surface area contributed by atoms with E-state index in [1.807, 2.05) is 0 Å². The van der Waals surface area contributed by atoms with Gasteiger partial charge in [0, 0.05) is 44.8 Å². The van der Waals surface area contributed by atoms with Crippen molar-refractivity contribution in [3.8, 4) is 45.6 Å². The van der Waals surface area contributed by atoms with E-state index in [2.05, 4.69) is 104 Å². The van der Waals surface area contributed by atoms with E-state index in [-0.39, 0.29) is 0 Å². The van der Waals surface area contributed by atoms with Gasteiger partial charge in [-0.05, 0) is 217 Å². The van der Waals surface area contributed by atoms with Gasteiger partial charge in [-0.1, -0.05) is 364 Å². The molecule has 0 saturated heterocycles. The third-order valence-corrected chi connectivity index (χ3v) is 25.4. The molecule has 0 saturated carbocycles. The minimum Gasteiger partial charge on any atom is -0.357 e. The number of aryl methyl sites for hydroxylation is 8. The molecule has 7 aromatic rings. The van der Waals surface area contributed by atoms with E-state index in [0.717, 1.165) is 95.2 Å². The van der Waals surface area contributed by atoms with E-state index in [1.54, 1.807) is 0 Å². The molecule has 112 heavy (non-hydrogen) atoms. The standard InChI is InChI=1S/C104H160N8/c1-9-17-25-33-41-49-57-65-81-73-89-90(74-82(81)66-58-50-42-34-26-18-10-2)98-105-97(89)109-99-91-75-83(67-59-51-43-35-27-19-11-3)84(68-60-52-44-36-28-20-12-4)76-92(91)101(106-99)111-103-95-79-87(71-63-55-47-39-31-23-15-7)88(72-64-56-48-40-32-24-16-8)80-96(95)104(108-103)112-102-94-78-86(70-62-54-46-38-30-22-14-6)85(77-93(94)100(107-102)110-98)69-61-53-45-37-29-21-13-5/h73-80H,9-72H2,1-8H3/q-2. The molecule has 8 heteroatoms. The summed E-state index contributed by atoms with van der Waals surface area (Å²) in [7, 11) is 0. The highest BCUT2D eigenvalue weighted by molar-refractivity contribution is 6.07. The molecule has 0 N–H and O–H groups in total. The fourth-order valence-electron chi connectivity index (χ4n) is 18.2. The fourth-order valence-corrected chi connectivity index (χ4v) is 18.2. The maximum Gasteiger partial charge on any atom is 0.0927 e. The van der Waals surface area contributed by atoms with Gasteiger partial charge in [-0.25, -0.2) is 9.97 Å².